The Labute approximate surface area is 145 Å². The van der Waals surface area contributed by atoms with Crippen LogP contribution in [0.15, 0.2) is 77.2 Å². The second-order valence-corrected chi connectivity index (χ2v) is 6.64. The van der Waals surface area contributed by atoms with E-state index < -0.39 is 0 Å². The van der Waals surface area contributed by atoms with Crippen LogP contribution in [0.2, 0.25) is 0 Å². The van der Waals surface area contributed by atoms with Crippen LogP contribution in [0.4, 0.5) is 5.69 Å². The Bertz CT molecular complexity index is 826. The fraction of sp³-hybridized carbons (Fsp3) is 0.150. The van der Waals surface area contributed by atoms with Gasteiger partial charge in [-0.05, 0) is 41.3 Å². The summed E-state index contributed by atoms with van der Waals surface area (Å²) in [5.41, 5.74) is 3.51. The summed E-state index contributed by atoms with van der Waals surface area (Å²) < 4.78 is 5.28. The van der Waals surface area contributed by atoms with Gasteiger partial charge in [0, 0.05) is 6.42 Å². The summed E-state index contributed by atoms with van der Waals surface area (Å²) in [4.78, 5) is 1.24. The smallest absolute Gasteiger partial charge is 0.118 e. The molecule has 0 spiro atoms. The number of anilines is 1. The molecular weight excluding hydrogens is 316 g/mol. The molecule has 0 radical (unpaired) electrons. The first kappa shape index (κ1) is 15.0. The summed E-state index contributed by atoms with van der Waals surface area (Å²) in [6.07, 6.45) is 0.905. The number of hydrogen-bond donors (Lipinski definition) is 0. The molecule has 4 rings (SSSR count). The summed E-state index contributed by atoms with van der Waals surface area (Å²) in [5.74, 6) is 0.877. The molecule has 0 fully saturated rings. The summed E-state index contributed by atoms with van der Waals surface area (Å²) in [6.45, 7) is 0. The molecule has 24 heavy (non-hydrogen) atoms. The van der Waals surface area contributed by atoms with Gasteiger partial charge in [0.1, 0.15) is 5.75 Å². The van der Waals surface area contributed by atoms with Gasteiger partial charge in [-0.1, -0.05) is 36.4 Å². The number of hydrazone groups is 1. The van der Waals surface area contributed by atoms with Gasteiger partial charge in [0.15, 0.2) is 0 Å². The minimum Gasteiger partial charge on any atom is -0.497 e. The number of ether oxygens (including phenoxy) is 1. The van der Waals surface area contributed by atoms with E-state index in [1.807, 2.05) is 18.2 Å². The average Bonchev–Trinajstić information content (AvgIpc) is 3.32. The van der Waals surface area contributed by atoms with Crippen LogP contribution in [0.1, 0.15) is 22.9 Å². The highest BCUT2D eigenvalue weighted by Crippen LogP contribution is 2.37. The first-order valence-corrected chi connectivity index (χ1v) is 8.83. The zero-order valence-electron chi connectivity index (χ0n) is 13.4. The van der Waals surface area contributed by atoms with E-state index in [1.165, 1.54) is 10.4 Å². The molecule has 2 heterocycles. The van der Waals surface area contributed by atoms with Crippen molar-refractivity contribution in [3.63, 3.8) is 0 Å². The summed E-state index contributed by atoms with van der Waals surface area (Å²) in [6, 6.07) is 23.1. The van der Waals surface area contributed by atoms with E-state index in [0.29, 0.717) is 0 Å². The third-order valence-corrected chi connectivity index (χ3v) is 5.16. The molecule has 3 aromatic rings. The zero-order valence-corrected chi connectivity index (χ0v) is 14.2. The quantitative estimate of drug-likeness (QED) is 0.662. The Morgan fingerprint density at radius 2 is 1.79 bits per heavy atom. The lowest BCUT2D eigenvalue weighted by Gasteiger charge is -2.24. The van der Waals surface area contributed by atoms with Gasteiger partial charge in [0.2, 0.25) is 0 Å². The molecule has 0 bridgehead atoms. The van der Waals surface area contributed by atoms with Crippen LogP contribution in [-0.2, 0) is 0 Å². The monoisotopic (exact) mass is 334 g/mol. The van der Waals surface area contributed by atoms with Crippen molar-refractivity contribution in [3.8, 4) is 5.75 Å². The van der Waals surface area contributed by atoms with Crippen LogP contribution in [0, 0.1) is 0 Å². The number of para-hydroxylation sites is 1. The summed E-state index contributed by atoms with van der Waals surface area (Å²) in [7, 11) is 1.69. The molecule has 0 amide bonds. The van der Waals surface area contributed by atoms with E-state index in [9.17, 15) is 0 Å². The highest BCUT2D eigenvalue weighted by molar-refractivity contribution is 7.12. The second kappa shape index (κ2) is 6.49. The maximum Gasteiger partial charge on any atom is 0.118 e. The number of benzene rings is 2. The lowest BCUT2D eigenvalue weighted by atomic mass is 10.0. The van der Waals surface area contributed by atoms with Gasteiger partial charge in [-0.15, -0.1) is 11.3 Å². The largest absolute Gasteiger partial charge is 0.497 e. The molecule has 1 aliphatic heterocycles. The predicted octanol–water partition coefficient (Wildman–Crippen LogP) is 5.11. The lowest BCUT2D eigenvalue weighted by molar-refractivity contribution is 0.414. The fourth-order valence-electron chi connectivity index (χ4n) is 3.01. The van der Waals surface area contributed by atoms with Crippen LogP contribution in [0.25, 0.3) is 0 Å². The van der Waals surface area contributed by atoms with Gasteiger partial charge in [-0.2, -0.15) is 5.10 Å². The standard InChI is InChI=1S/C20H18N2OS/c1-23-17-11-9-15(10-12-17)19-14-18(20-8-5-13-24-20)21-22(19)16-6-3-2-4-7-16/h2-13,19H,14H2,1H3/t19-/m0/s1. The molecule has 0 unspecified atom stereocenters. The van der Waals surface area contributed by atoms with Crippen molar-refractivity contribution >= 4 is 22.7 Å². The average molecular weight is 334 g/mol. The molecule has 1 aromatic heterocycles. The van der Waals surface area contributed by atoms with Gasteiger partial charge in [-0.25, -0.2) is 0 Å². The van der Waals surface area contributed by atoms with Crippen molar-refractivity contribution in [3.05, 3.63) is 82.6 Å². The minimum absolute atomic E-state index is 0.204. The first-order chi connectivity index (χ1) is 11.8. The molecule has 120 valence electrons. The third kappa shape index (κ3) is 2.81. The molecule has 0 aliphatic carbocycles. The Morgan fingerprint density at radius 3 is 2.46 bits per heavy atom. The molecular formula is C20H18N2OS. The molecule has 4 heteroatoms. The molecule has 1 atom stereocenters. The summed E-state index contributed by atoms with van der Waals surface area (Å²) >= 11 is 1.74. The van der Waals surface area contributed by atoms with Gasteiger partial charge in [0.25, 0.3) is 0 Å². The van der Waals surface area contributed by atoms with Crippen molar-refractivity contribution in [1.82, 2.24) is 0 Å². The SMILES string of the molecule is COc1ccc([C@@H]2CC(c3cccs3)=NN2c2ccccc2)cc1. The number of nitrogens with zero attached hydrogens (tertiary/aromatic N) is 2. The molecule has 2 aromatic carbocycles. The van der Waals surface area contributed by atoms with E-state index in [4.69, 9.17) is 9.84 Å². The van der Waals surface area contributed by atoms with Crippen LogP contribution in [-0.4, -0.2) is 12.8 Å². The number of hydrogen-bond acceptors (Lipinski definition) is 4. The number of thiophene rings is 1. The topological polar surface area (TPSA) is 24.8 Å². The minimum atomic E-state index is 0.204. The van der Waals surface area contributed by atoms with Crippen LogP contribution < -0.4 is 9.75 Å². The van der Waals surface area contributed by atoms with Crippen LogP contribution in [0.3, 0.4) is 0 Å². The molecule has 0 N–H and O–H groups in total. The second-order valence-electron chi connectivity index (χ2n) is 5.70. The van der Waals surface area contributed by atoms with Crippen molar-refractivity contribution in [2.45, 2.75) is 12.5 Å². The Kier molecular flexibility index (Phi) is 4.05. The van der Waals surface area contributed by atoms with Crippen LogP contribution in [0.5, 0.6) is 5.75 Å². The summed E-state index contributed by atoms with van der Waals surface area (Å²) in [5, 5.41) is 9.17. The van der Waals surface area contributed by atoms with Crippen molar-refractivity contribution in [2.75, 3.05) is 12.1 Å². The lowest BCUT2D eigenvalue weighted by Crippen LogP contribution is -2.18. The number of methoxy groups -OCH3 is 1. The molecule has 1 aliphatic rings. The Balaban J connectivity index is 1.71. The third-order valence-electron chi connectivity index (χ3n) is 4.24. The highest BCUT2D eigenvalue weighted by Gasteiger charge is 2.30. The predicted molar refractivity (Wildman–Crippen MR) is 100 cm³/mol. The molecule has 3 nitrogen and oxygen atoms in total. The van der Waals surface area contributed by atoms with Gasteiger partial charge < -0.3 is 4.74 Å². The molecule has 0 saturated heterocycles. The molecule has 0 saturated carbocycles. The van der Waals surface area contributed by atoms with Crippen LogP contribution >= 0.6 is 11.3 Å². The van der Waals surface area contributed by atoms with Gasteiger partial charge in [-0.3, -0.25) is 5.01 Å². The Hall–Kier alpha value is -2.59. The highest BCUT2D eigenvalue weighted by atomic mass is 32.1. The van der Waals surface area contributed by atoms with E-state index in [2.05, 4.69) is 58.9 Å². The van der Waals surface area contributed by atoms with Crippen molar-refractivity contribution in [1.29, 1.82) is 0 Å². The van der Waals surface area contributed by atoms with E-state index in [0.717, 1.165) is 23.6 Å². The van der Waals surface area contributed by atoms with E-state index in [-0.39, 0.29) is 6.04 Å². The van der Waals surface area contributed by atoms with E-state index in [1.54, 1.807) is 18.4 Å². The van der Waals surface area contributed by atoms with Crippen molar-refractivity contribution in [2.24, 2.45) is 5.10 Å². The van der Waals surface area contributed by atoms with Gasteiger partial charge >= 0.3 is 0 Å². The maximum atomic E-state index is 5.28. The zero-order chi connectivity index (χ0) is 16.4. The normalized spacial score (nSPS) is 17.0. The van der Waals surface area contributed by atoms with Gasteiger partial charge in [0.05, 0.1) is 29.4 Å². The van der Waals surface area contributed by atoms with E-state index >= 15 is 0 Å². The maximum absolute atomic E-state index is 5.28. The Morgan fingerprint density at radius 1 is 1.00 bits per heavy atom. The number of rotatable bonds is 4. The van der Waals surface area contributed by atoms with Crippen molar-refractivity contribution < 1.29 is 4.74 Å². The fourth-order valence-corrected chi connectivity index (χ4v) is 3.73. The first-order valence-electron chi connectivity index (χ1n) is 7.95.